The largest absolute Gasteiger partial charge is 0.368 e. The quantitative estimate of drug-likeness (QED) is 0.768. The van der Waals surface area contributed by atoms with E-state index in [1.807, 2.05) is 30.3 Å². The topological polar surface area (TPSA) is 6.48 Å². The van der Waals surface area contributed by atoms with Crippen molar-refractivity contribution in [2.24, 2.45) is 0 Å². The maximum Gasteiger partial charge on any atom is 0.0405 e. The average Bonchev–Trinajstić information content (AvgIpc) is 3.07. The van der Waals surface area contributed by atoms with Gasteiger partial charge in [0.05, 0.1) is 0 Å². The third-order valence-electron chi connectivity index (χ3n) is 5.10. The zero-order valence-corrected chi connectivity index (χ0v) is 15.3. The van der Waals surface area contributed by atoms with Gasteiger partial charge in [-0.05, 0) is 49.6 Å². The zero-order chi connectivity index (χ0) is 16.8. The first-order valence-electron chi connectivity index (χ1n) is 9.05. The van der Waals surface area contributed by atoms with E-state index >= 15 is 0 Å². The van der Waals surface area contributed by atoms with Gasteiger partial charge < -0.3 is 9.80 Å². The first kappa shape index (κ1) is 17.3. The summed E-state index contributed by atoms with van der Waals surface area (Å²) in [5.74, 6) is 0. The summed E-state index contributed by atoms with van der Waals surface area (Å²) in [4.78, 5) is 5.22. The molecule has 0 saturated carbocycles. The van der Waals surface area contributed by atoms with Crippen LogP contribution in [-0.2, 0) is 6.42 Å². The summed E-state index contributed by atoms with van der Waals surface area (Å²) in [5, 5.41) is 0.794. The van der Waals surface area contributed by atoms with E-state index in [9.17, 15) is 0 Å². The zero-order valence-electron chi connectivity index (χ0n) is 14.5. The van der Waals surface area contributed by atoms with Gasteiger partial charge in [-0.15, -0.1) is 0 Å². The van der Waals surface area contributed by atoms with Gasteiger partial charge in [-0.25, -0.2) is 0 Å². The Morgan fingerprint density at radius 2 is 1.58 bits per heavy atom. The van der Waals surface area contributed by atoms with Crippen LogP contribution in [0.5, 0.6) is 0 Å². The lowest BCUT2D eigenvalue weighted by Crippen LogP contribution is -2.44. The first-order chi connectivity index (χ1) is 11.8. The molecule has 0 spiro atoms. The second-order valence-corrected chi connectivity index (χ2v) is 6.97. The molecule has 0 aromatic heterocycles. The van der Waals surface area contributed by atoms with E-state index in [0.717, 1.165) is 11.1 Å². The highest BCUT2D eigenvalue weighted by atomic mass is 35.5. The van der Waals surface area contributed by atoms with Gasteiger partial charge in [-0.1, -0.05) is 54.9 Å². The van der Waals surface area contributed by atoms with Crippen LogP contribution in [-0.4, -0.2) is 37.1 Å². The van der Waals surface area contributed by atoms with Crippen LogP contribution in [0.2, 0.25) is 5.02 Å². The molecule has 1 fully saturated rings. The SMILES string of the molecule is CCN1CCC(N2CCc3ccccc32)CC1.Clc1ccccc1. The molecule has 1 saturated heterocycles. The van der Waals surface area contributed by atoms with Crippen molar-refractivity contribution in [3.63, 3.8) is 0 Å². The summed E-state index contributed by atoms with van der Waals surface area (Å²) in [7, 11) is 0. The third-order valence-corrected chi connectivity index (χ3v) is 5.35. The molecule has 0 aliphatic carbocycles. The molecule has 0 atom stereocenters. The van der Waals surface area contributed by atoms with Crippen LogP contribution in [0.15, 0.2) is 54.6 Å². The highest BCUT2D eigenvalue weighted by molar-refractivity contribution is 6.30. The molecule has 2 nitrogen and oxygen atoms in total. The molecule has 0 N–H and O–H groups in total. The molecule has 2 heterocycles. The normalized spacial score (nSPS) is 18.0. The van der Waals surface area contributed by atoms with Gasteiger partial charge in [0.25, 0.3) is 0 Å². The lowest BCUT2D eigenvalue weighted by Gasteiger charge is -2.37. The molecule has 3 heteroatoms. The molecule has 128 valence electrons. The van der Waals surface area contributed by atoms with Crippen molar-refractivity contribution in [3.05, 3.63) is 65.2 Å². The second kappa shape index (κ2) is 8.55. The lowest BCUT2D eigenvalue weighted by molar-refractivity contribution is 0.219. The van der Waals surface area contributed by atoms with Crippen molar-refractivity contribution in [1.29, 1.82) is 0 Å². The fraction of sp³-hybridized carbons (Fsp3) is 0.429. The van der Waals surface area contributed by atoms with Crippen LogP contribution in [0.1, 0.15) is 25.3 Å². The van der Waals surface area contributed by atoms with Gasteiger partial charge in [0, 0.05) is 36.4 Å². The summed E-state index contributed by atoms with van der Waals surface area (Å²) in [6, 6.07) is 19.2. The molecule has 0 bridgehead atoms. The van der Waals surface area contributed by atoms with Crippen LogP contribution >= 0.6 is 11.6 Å². The smallest absolute Gasteiger partial charge is 0.0405 e. The van der Waals surface area contributed by atoms with E-state index in [1.165, 1.54) is 51.1 Å². The average molecular weight is 343 g/mol. The Labute approximate surface area is 151 Å². The minimum atomic E-state index is 0.779. The Morgan fingerprint density at radius 3 is 2.21 bits per heavy atom. The predicted octanol–water partition coefficient (Wildman–Crippen LogP) is 4.87. The number of para-hydroxylation sites is 1. The number of likely N-dealkylation sites (tertiary alicyclic amines) is 1. The molecule has 4 rings (SSSR count). The van der Waals surface area contributed by atoms with Crippen molar-refractivity contribution in [1.82, 2.24) is 4.90 Å². The Balaban J connectivity index is 0.000000203. The number of fused-ring (bicyclic) bond motifs is 1. The van der Waals surface area contributed by atoms with E-state index in [-0.39, 0.29) is 0 Å². The Bertz CT molecular complexity index is 621. The minimum Gasteiger partial charge on any atom is -0.368 e. The second-order valence-electron chi connectivity index (χ2n) is 6.53. The molecular formula is C21H27ClN2. The number of rotatable bonds is 2. The fourth-order valence-corrected chi connectivity index (χ4v) is 3.85. The van der Waals surface area contributed by atoms with Crippen molar-refractivity contribution in [3.8, 4) is 0 Å². The molecule has 24 heavy (non-hydrogen) atoms. The van der Waals surface area contributed by atoms with E-state index in [0.29, 0.717) is 0 Å². The van der Waals surface area contributed by atoms with Crippen molar-refractivity contribution < 1.29 is 0 Å². The molecule has 2 aromatic carbocycles. The van der Waals surface area contributed by atoms with Gasteiger partial charge in [0.15, 0.2) is 0 Å². The maximum absolute atomic E-state index is 5.54. The molecular weight excluding hydrogens is 316 g/mol. The van der Waals surface area contributed by atoms with Gasteiger partial charge in [0.2, 0.25) is 0 Å². The Kier molecular flexibility index (Phi) is 6.17. The van der Waals surface area contributed by atoms with Crippen LogP contribution in [0, 0.1) is 0 Å². The molecule has 2 aliphatic heterocycles. The van der Waals surface area contributed by atoms with Crippen LogP contribution in [0.25, 0.3) is 0 Å². The number of halogens is 1. The molecule has 0 unspecified atom stereocenters. The third kappa shape index (κ3) is 4.31. The van der Waals surface area contributed by atoms with Crippen LogP contribution < -0.4 is 4.90 Å². The number of hydrogen-bond acceptors (Lipinski definition) is 2. The number of anilines is 1. The molecule has 2 aromatic rings. The van der Waals surface area contributed by atoms with Gasteiger partial charge >= 0.3 is 0 Å². The van der Waals surface area contributed by atoms with E-state index in [2.05, 4.69) is 41.0 Å². The standard InChI is InChI=1S/C15H22N2.C6H5Cl/c1-2-16-10-8-14(9-11-16)17-12-7-13-5-3-4-6-15(13)17;7-6-4-2-1-3-5-6/h3-6,14H,2,7-12H2,1H3;1-5H. The number of hydrogen-bond donors (Lipinski definition) is 0. The number of piperidine rings is 1. The van der Waals surface area contributed by atoms with E-state index in [1.54, 1.807) is 5.56 Å². The molecule has 0 radical (unpaired) electrons. The van der Waals surface area contributed by atoms with Crippen LogP contribution in [0.3, 0.4) is 0 Å². The molecule has 2 aliphatic rings. The Hall–Kier alpha value is -1.51. The Morgan fingerprint density at radius 1 is 0.917 bits per heavy atom. The summed E-state index contributed by atoms with van der Waals surface area (Å²) < 4.78 is 0. The van der Waals surface area contributed by atoms with E-state index < -0.39 is 0 Å². The summed E-state index contributed by atoms with van der Waals surface area (Å²) >= 11 is 5.54. The van der Waals surface area contributed by atoms with Gasteiger partial charge in [-0.2, -0.15) is 0 Å². The predicted molar refractivity (Wildman–Crippen MR) is 104 cm³/mol. The van der Waals surface area contributed by atoms with Crippen LogP contribution in [0.4, 0.5) is 5.69 Å². The van der Waals surface area contributed by atoms with Crippen molar-refractivity contribution >= 4 is 17.3 Å². The fourth-order valence-electron chi connectivity index (χ4n) is 3.70. The summed E-state index contributed by atoms with van der Waals surface area (Å²) in [6.45, 7) is 7.27. The lowest BCUT2D eigenvalue weighted by atomic mass is 10.0. The minimum absolute atomic E-state index is 0.779. The highest BCUT2D eigenvalue weighted by Gasteiger charge is 2.28. The maximum atomic E-state index is 5.54. The summed E-state index contributed by atoms with van der Waals surface area (Å²) in [6.07, 6.45) is 3.91. The van der Waals surface area contributed by atoms with E-state index in [4.69, 9.17) is 11.6 Å². The monoisotopic (exact) mass is 342 g/mol. The van der Waals surface area contributed by atoms with Gasteiger partial charge in [0.1, 0.15) is 0 Å². The van der Waals surface area contributed by atoms with Crippen molar-refractivity contribution in [2.45, 2.75) is 32.2 Å². The molecule has 0 amide bonds. The number of nitrogens with zero attached hydrogens (tertiary/aromatic N) is 2. The van der Waals surface area contributed by atoms with Crippen molar-refractivity contribution in [2.75, 3.05) is 31.1 Å². The summed E-state index contributed by atoms with van der Waals surface area (Å²) in [5.41, 5.74) is 3.05. The number of benzene rings is 2. The van der Waals surface area contributed by atoms with Gasteiger partial charge in [-0.3, -0.25) is 0 Å². The highest BCUT2D eigenvalue weighted by Crippen LogP contribution is 2.32. The first-order valence-corrected chi connectivity index (χ1v) is 9.43.